The van der Waals surface area contributed by atoms with E-state index < -0.39 is 29.6 Å². The summed E-state index contributed by atoms with van der Waals surface area (Å²) < 4.78 is 27.1. The van der Waals surface area contributed by atoms with Gasteiger partial charge in [-0.15, -0.1) is 0 Å². The summed E-state index contributed by atoms with van der Waals surface area (Å²) in [6.07, 6.45) is 2.46. The minimum atomic E-state index is -1.26. The van der Waals surface area contributed by atoms with Gasteiger partial charge in [-0.2, -0.15) is 5.10 Å². The third-order valence-electron chi connectivity index (χ3n) is 6.38. The maximum absolute atomic E-state index is 13.7. The summed E-state index contributed by atoms with van der Waals surface area (Å²) in [5.41, 5.74) is 8.86. The number of aryl methyl sites for hydroxylation is 1. The summed E-state index contributed by atoms with van der Waals surface area (Å²) >= 11 is 0. The SMILES string of the molecule is CC(Oc1cc(-c2c(CN(C)C(=O)OC(C)(C)C)nn(C)c2C2CC2)cnc1N)c1ccc(F)cc1C(=O)O. The van der Waals surface area contributed by atoms with Crippen LogP contribution >= 0.6 is 0 Å². The number of anilines is 1. The largest absolute Gasteiger partial charge is 0.482 e. The predicted molar refractivity (Wildman–Crippen MR) is 143 cm³/mol. The van der Waals surface area contributed by atoms with Gasteiger partial charge in [0.05, 0.1) is 17.8 Å². The molecule has 0 aliphatic heterocycles. The number of amides is 1. The molecule has 3 N–H and O–H groups in total. The highest BCUT2D eigenvalue weighted by molar-refractivity contribution is 5.89. The molecule has 1 amide bonds. The fraction of sp³-hybridized carbons (Fsp3) is 0.429. The first kappa shape index (κ1) is 27.9. The number of aromatic nitrogens is 3. The van der Waals surface area contributed by atoms with Crippen LogP contribution in [-0.2, 0) is 18.3 Å². The van der Waals surface area contributed by atoms with Gasteiger partial charge in [-0.3, -0.25) is 4.68 Å². The molecule has 0 saturated heterocycles. The molecule has 0 bridgehead atoms. The topological polar surface area (TPSA) is 133 Å². The first-order valence-corrected chi connectivity index (χ1v) is 12.7. The van der Waals surface area contributed by atoms with Crippen LogP contribution in [0, 0.1) is 5.82 Å². The van der Waals surface area contributed by atoms with E-state index >= 15 is 0 Å². The van der Waals surface area contributed by atoms with Crippen LogP contribution in [0.5, 0.6) is 5.75 Å². The average Bonchev–Trinajstić information content (AvgIpc) is 3.62. The lowest BCUT2D eigenvalue weighted by Gasteiger charge is -2.24. The second-order valence-electron chi connectivity index (χ2n) is 10.8. The van der Waals surface area contributed by atoms with Gasteiger partial charge >= 0.3 is 12.1 Å². The van der Waals surface area contributed by atoms with Gasteiger partial charge in [0.2, 0.25) is 0 Å². The van der Waals surface area contributed by atoms with E-state index in [9.17, 15) is 19.1 Å². The maximum atomic E-state index is 13.7. The third kappa shape index (κ3) is 6.30. The van der Waals surface area contributed by atoms with E-state index in [1.807, 2.05) is 32.5 Å². The van der Waals surface area contributed by atoms with Crippen molar-refractivity contribution in [1.29, 1.82) is 0 Å². The Hall–Kier alpha value is -4.15. The van der Waals surface area contributed by atoms with Crippen molar-refractivity contribution in [3.63, 3.8) is 0 Å². The maximum Gasteiger partial charge on any atom is 0.410 e. The second kappa shape index (κ2) is 10.5. The molecule has 0 spiro atoms. The van der Waals surface area contributed by atoms with E-state index in [4.69, 9.17) is 20.3 Å². The van der Waals surface area contributed by atoms with Crippen LogP contribution < -0.4 is 10.5 Å². The number of hydrogen-bond donors (Lipinski definition) is 2. The summed E-state index contributed by atoms with van der Waals surface area (Å²) in [5.74, 6) is -1.22. The van der Waals surface area contributed by atoms with E-state index in [1.54, 1.807) is 26.2 Å². The molecule has 2 aromatic heterocycles. The lowest BCUT2D eigenvalue weighted by molar-refractivity contribution is 0.0283. The number of nitrogens with zero attached hydrogens (tertiary/aromatic N) is 4. The van der Waals surface area contributed by atoms with Crippen LogP contribution in [0.25, 0.3) is 11.1 Å². The van der Waals surface area contributed by atoms with Gasteiger partial charge in [-0.1, -0.05) is 6.07 Å². The van der Waals surface area contributed by atoms with Crippen molar-refractivity contribution < 1.29 is 28.6 Å². The summed E-state index contributed by atoms with van der Waals surface area (Å²) in [7, 11) is 3.53. The van der Waals surface area contributed by atoms with Gasteiger partial charge in [-0.05, 0) is 58.7 Å². The Morgan fingerprint density at radius 2 is 1.97 bits per heavy atom. The molecular weight excluding hydrogens is 505 g/mol. The molecule has 10 nitrogen and oxygen atoms in total. The van der Waals surface area contributed by atoms with Crippen LogP contribution in [-0.4, -0.2) is 49.5 Å². The molecule has 1 aliphatic carbocycles. The highest BCUT2D eigenvalue weighted by Gasteiger charge is 2.33. The van der Waals surface area contributed by atoms with Crippen molar-refractivity contribution in [2.24, 2.45) is 7.05 Å². The van der Waals surface area contributed by atoms with E-state index in [-0.39, 0.29) is 23.7 Å². The first-order chi connectivity index (χ1) is 18.2. The lowest BCUT2D eigenvalue weighted by Crippen LogP contribution is -2.34. The number of halogens is 1. The smallest absolute Gasteiger partial charge is 0.410 e. The van der Waals surface area contributed by atoms with Crippen LogP contribution in [0.2, 0.25) is 0 Å². The van der Waals surface area contributed by atoms with E-state index in [0.29, 0.717) is 22.7 Å². The number of ether oxygens (including phenoxy) is 2. The number of benzene rings is 1. The first-order valence-electron chi connectivity index (χ1n) is 12.7. The zero-order valence-electron chi connectivity index (χ0n) is 23.0. The van der Waals surface area contributed by atoms with E-state index in [2.05, 4.69) is 4.98 Å². The predicted octanol–water partition coefficient (Wildman–Crippen LogP) is 5.29. The minimum Gasteiger partial charge on any atom is -0.482 e. The number of carbonyl (C=O) groups is 2. The molecule has 39 heavy (non-hydrogen) atoms. The van der Waals surface area contributed by atoms with Crippen molar-refractivity contribution >= 4 is 17.9 Å². The number of nitrogens with two attached hydrogens (primary N) is 1. The highest BCUT2D eigenvalue weighted by Crippen LogP contribution is 2.46. The zero-order valence-corrected chi connectivity index (χ0v) is 23.0. The third-order valence-corrected chi connectivity index (χ3v) is 6.38. The number of rotatable bonds is 8. The van der Waals surface area contributed by atoms with Crippen LogP contribution in [0.3, 0.4) is 0 Å². The van der Waals surface area contributed by atoms with E-state index in [1.165, 1.54) is 17.0 Å². The Balaban J connectivity index is 1.69. The number of aromatic carboxylic acids is 1. The fourth-order valence-electron chi connectivity index (χ4n) is 4.48. The zero-order chi connectivity index (χ0) is 28.6. The molecular formula is C28H34FN5O5. The van der Waals surface area contributed by atoms with Crippen molar-refractivity contribution in [2.45, 2.75) is 64.7 Å². The number of carboxylic acid groups (broad SMARTS) is 1. The normalized spacial score (nSPS) is 14.1. The van der Waals surface area contributed by atoms with E-state index in [0.717, 1.165) is 30.2 Å². The second-order valence-corrected chi connectivity index (χ2v) is 10.8. The molecule has 208 valence electrons. The summed E-state index contributed by atoms with van der Waals surface area (Å²) in [6, 6.07) is 5.27. The Bertz CT molecular complexity index is 1410. The average molecular weight is 540 g/mol. The molecule has 0 radical (unpaired) electrons. The Kier molecular flexibility index (Phi) is 7.54. The van der Waals surface area contributed by atoms with Gasteiger partial charge in [0.15, 0.2) is 11.6 Å². The summed E-state index contributed by atoms with van der Waals surface area (Å²) in [6.45, 7) is 7.30. The minimum absolute atomic E-state index is 0.119. The summed E-state index contributed by atoms with van der Waals surface area (Å²) in [4.78, 5) is 30.2. The van der Waals surface area contributed by atoms with Crippen molar-refractivity contribution in [3.05, 3.63) is 58.8 Å². The molecule has 1 aromatic carbocycles. The monoisotopic (exact) mass is 539 g/mol. The summed E-state index contributed by atoms with van der Waals surface area (Å²) in [5, 5.41) is 14.3. The molecule has 2 heterocycles. The number of carbonyl (C=O) groups excluding carboxylic acids is 1. The quantitative estimate of drug-likeness (QED) is 0.395. The van der Waals surface area contributed by atoms with Crippen molar-refractivity contribution in [2.75, 3.05) is 12.8 Å². The van der Waals surface area contributed by atoms with Gasteiger partial charge in [0.1, 0.15) is 17.5 Å². The van der Waals surface area contributed by atoms with Crippen molar-refractivity contribution in [3.8, 4) is 16.9 Å². The van der Waals surface area contributed by atoms with Crippen LogP contribution in [0.15, 0.2) is 30.5 Å². The van der Waals surface area contributed by atoms with Gasteiger partial charge in [-0.25, -0.2) is 19.0 Å². The highest BCUT2D eigenvalue weighted by atomic mass is 19.1. The number of pyridine rings is 1. The van der Waals surface area contributed by atoms with Crippen LogP contribution in [0.4, 0.5) is 15.0 Å². The lowest BCUT2D eigenvalue weighted by atomic mass is 10.0. The molecule has 1 atom stereocenters. The molecule has 4 rings (SSSR count). The molecule has 1 saturated carbocycles. The number of carboxylic acids is 1. The number of hydrogen-bond acceptors (Lipinski definition) is 7. The van der Waals surface area contributed by atoms with Crippen LogP contribution in [0.1, 0.15) is 79.9 Å². The van der Waals surface area contributed by atoms with Crippen molar-refractivity contribution in [1.82, 2.24) is 19.7 Å². The Morgan fingerprint density at radius 1 is 1.28 bits per heavy atom. The Morgan fingerprint density at radius 3 is 2.59 bits per heavy atom. The Labute approximate surface area is 226 Å². The van der Waals surface area contributed by atoms with Gasteiger partial charge < -0.3 is 25.2 Å². The van der Waals surface area contributed by atoms with Gasteiger partial charge in [0, 0.05) is 48.6 Å². The molecule has 1 unspecified atom stereocenters. The molecule has 3 aromatic rings. The fourth-order valence-corrected chi connectivity index (χ4v) is 4.48. The molecule has 1 fully saturated rings. The molecule has 1 aliphatic rings. The number of nitrogen functional groups attached to an aromatic ring is 1. The molecule has 11 heteroatoms. The van der Waals surface area contributed by atoms with Gasteiger partial charge in [0.25, 0.3) is 0 Å². The standard InChI is InChI=1S/C28H34FN5O5/c1-15(19-10-9-18(29)12-20(19)26(35)36)38-22-11-17(13-31-25(22)30)23-21(32-34(6)24(23)16-7-8-16)14-33(5)27(37)39-28(2,3)4/h9-13,15-16H,7-8,14H2,1-6H3,(H2,30,31)(H,35,36).